The van der Waals surface area contributed by atoms with Crippen molar-refractivity contribution in [2.24, 2.45) is 0 Å². The van der Waals surface area contributed by atoms with Crippen molar-refractivity contribution in [1.29, 1.82) is 0 Å². The lowest BCUT2D eigenvalue weighted by Crippen LogP contribution is -2.15. The van der Waals surface area contributed by atoms with Gasteiger partial charge in [0.25, 0.3) is 0 Å². The highest BCUT2D eigenvalue weighted by atomic mass is 35.5. The van der Waals surface area contributed by atoms with E-state index in [2.05, 4.69) is 19.7 Å². The standard InChI is InChI=1S/C19H13ClN4OS/c20-15-7-3-2-6-14(15)18-23-19(26-24-18)22-17(25)11-13-10-9-12-5-1-4-8-16(12)21-13/h1-10H,11H2,(H,22,23,24,25). The van der Waals surface area contributed by atoms with E-state index in [0.29, 0.717) is 21.7 Å². The zero-order chi connectivity index (χ0) is 17.9. The van der Waals surface area contributed by atoms with Gasteiger partial charge in [-0.1, -0.05) is 48.0 Å². The van der Waals surface area contributed by atoms with Crippen molar-refractivity contribution in [3.8, 4) is 11.4 Å². The second-order valence-electron chi connectivity index (χ2n) is 5.62. The molecule has 0 saturated carbocycles. The number of hydrogen-bond acceptors (Lipinski definition) is 5. The molecular weight excluding hydrogens is 368 g/mol. The number of carbonyl (C=O) groups excluding carboxylic acids is 1. The second kappa shape index (κ2) is 7.19. The molecule has 0 unspecified atom stereocenters. The molecule has 0 radical (unpaired) electrons. The van der Waals surface area contributed by atoms with Crippen molar-refractivity contribution < 1.29 is 4.79 Å². The average Bonchev–Trinajstić information content (AvgIpc) is 3.10. The lowest BCUT2D eigenvalue weighted by molar-refractivity contribution is -0.115. The predicted octanol–water partition coefficient (Wildman–Crippen LogP) is 4.59. The van der Waals surface area contributed by atoms with Crippen molar-refractivity contribution in [3.05, 3.63) is 71.4 Å². The quantitative estimate of drug-likeness (QED) is 0.562. The van der Waals surface area contributed by atoms with Crippen LogP contribution in [0.15, 0.2) is 60.7 Å². The van der Waals surface area contributed by atoms with Crippen LogP contribution in [0.5, 0.6) is 0 Å². The van der Waals surface area contributed by atoms with E-state index in [1.54, 1.807) is 6.07 Å². The van der Waals surface area contributed by atoms with E-state index in [-0.39, 0.29) is 12.3 Å². The van der Waals surface area contributed by atoms with Crippen LogP contribution in [0.25, 0.3) is 22.3 Å². The van der Waals surface area contributed by atoms with Crippen LogP contribution in [0.3, 0.4) is 0 Å². The third-order valence-electron chi connectivity index (χ3n) is 3.78. The van der Waals surface area contributed by atoms with Crippen molar-refractivity contribution in [2.75, 3.05) is 5.32 Å². The second-order valence-corrected chi connectivity index (χ2v) is 6.78. The molecule has 0 spiro atoms. The average molecular weight is 381 g/mol. The first-order valence-corrected chi connectivity index (χ1v) is 9.07. The Hall–Kier alpha value is -2.83. The van der Waals surface area contributed by atoms with Gasteiger partial charge in [0.15, 0.2) is 5.82 Å². The Bertz CT molecular complexity index is 1100. The van der Waals surface area contributed by atoms with Gasteiger partial charge < -0.3 is 5.32 Å². The summed E-state index contributed by atoms with van der Waals surface area (Å²) >= 11 is 7.28. The van der Waals surface area contributed by atoms with Gasteiger partial charge in [-0.25, -0.2) is 0 Å². The number of nitrogens with one attached hydrogen (secondary N) is 1. The number of aromatic nitrogens is 3. The van der Waals surface area contributed by atoms with Gasteiger partial charge in [-0.15, -0.1) is 0 Å². The predicted molar refractivity (Wildman–Crippen MR) is 104 cm³/mol. The molecule has 1 amide bonds. The van der Waals surface area contributed by atoms with Gasteiger partial charge in [-0.3, -0.25) is 9.78 Å². The molecule has 2 aromatic heterocycles. The SMILES string of the molecule is O=C(Cc1ccc2ccccc2n1)Nc1nc(-c2ccccc2Cl)ns1. The summed E-state index contributed by atoms with van der Waals surface area (Å²) in [6, 6.07) is 19.0. The number of rotatable bonds is 4. The highest BCUT2D eigenvalue weighted by molar-refractivity contribution is 7.10. The number of carbonyl (C=O) groups is 1. The van der Waals surface area contributed by atoms with E-state index in [1.165, 1.54) is 0 Å². The van der Waals surface area contributed by atoms with E-state index in [1.807, 2.05) is 54.6 Å². The fraction of sp³-hybridized carbons (Fsp3) is 0.0526. The number of para-hydroxylation sites is 1. The molecule has 0 aliphatic rings. The number of nitrogens with zero attached hydrogens (tertiary/aromatic N) is 3. The van der Waals surface area contributed by atoms with Crippen molar-refractivity contribution in [2.45, 2.75) is 6.42 Å². The van der Waals surface area contributed by atoms with Crippen LogP contribution < -0.4 is 5.32 Å². The van der Waals surface area contributed by atoms with Gasteiger partial charge in [-0.2, -0.15) is 9.36 Å². The molecular formula is C19H13ClN4OS. The Kier molecular flexibility index (Phi) is 4.60. The molecule has 0 atom stereocenters. The maximum atomic E-state index is 12.3. The van der Waals surface area contributed by atoms with Gasteiger partial charge >= 0.3 is 0 Å². The van der Waals surface area contributed by atoms with Crippen LogP contribution in [-0.2, 0) is 11.2 Å². The van der Waals surface area contributed by atoms with E-state index < -0.39 is 0 Å². The van der Waals surface area contributed by atoms with Crippen molar-refractivity contribution in [3.63, 3.8) is 0 Å². The van der Waals surface area contributed by atoms with Crippen LogP contribution in [0.2, 0.25) is 5.02 Å². The first-order valence-electron chi connectivity index (χ1n) is 7.92. The molecule has 0 aliphatic heterocycles. The summed E-state index contributed by atoms with van der Waals surface area (Å²) in [6.45, 7) is 0. The van der Waals surface area contributed by atoms with Crippen LogP contribution >= 0.6 is 23.1 Å². The Morgan fingerprint density at radius 1 is 1.00 bits per heavy atom. The Labute approximate surface area is 158 Å². The number of fused-ring (bicyclic) bond motifs is 1. The molecule has 7 heteroatoms. The minimum absolute atomic E-state index is 0.172. The number of hydrogen-bond donors (Lipinski definition) is 1. The zero-order valence-corrected chi connectivity index (χ0v) is 15.1. The van der Waals surface area contributed by atoms with E-state index in [0.717, 1.165) is 28.0 Å². The Balaban J connectivity index is 1.47. The van der Waals surface area contributed by atoms with Crippen LogP contribution in [0.1, 0.15) is 5.69 Å². The van der Waals surface area contributed by atoms with Crippen LogP contribution in [0.4, 0.5) is 5.13 Å². The van der Waals surface area contributed by atoms with E-state index >= 15 is 0 Å². The number of pyridine rings is 1. The fourth-order valence-corrected chi connectivity index (χ4v) is 3.38. The summed E-state index contributed by atoms with van der Waals surface area (Å²) in [5.41, 5.74) is 2.31. The minimum Gasteiger partial charge on any atom is -0.300 e. The smallest absolute Gasteiger partial charge is 0.232 e. The molecule has 2 aromatic carbocycles. The summed E-state index contributed by atoms with van der Waals surface area (Å²) in [5, 5.41) is 4.83. The zero-order valence-electron chi connectivity index (χ0n) is 13.5. The molecule has 1 N–H and O–H groups in total. The molecule has 0 bridgehead atoms. The third kappa shape index (κ3) is 3.56. The van der Waals surface area contributed by atoms with Crippen molar-refractivity contribution in [1.82, 2.24) is 14.3 Å². The van der Waals surface area contributed by atoms with Gasteiger partial charge in [0.2, 0.25) is 11.0 Å². The molecule has 4 aromatic rings. The molecule has 128 valence electrons. The van der Waals surface area contributed by atoms with Crippen LogP contribution in [0, 0.1) is 0 Å². The highest BCUT2D eigenvalue weighted by Crippen LogP contribution is 2.27. The lowest BCUT2D eigenvalue weighted by Gasteiger charge is -2.03. The summed E-state index contributed by atoms with van der Waals surface area (Å²) in [7, 11) is 0. The summed E-state index contributed by atoms with van der Waals surface area (Å²) < 4.78 is 4.26. The topological polar surface area (TPSA) is 67.8 Å². The molecule has 5 nitrogen and oxygen atoms in total. The van der Waals surface area contributed by atoms with Gasteiger partial charge in [-0.05, 0) is 24.3 Å². The number of halogens is 1. The summed E-state index contributed by atoms with van der Waals surface area (Å²) in [6.07, 6.45) is 0.172. The number of anilines is 1. The summed E-state index contributed by atoms with van der Waals surface area (Å²) in [5.74, 6) is 0.314. The van der Waals surface area contributed by atoms with E-state index in [4.69, 9.17) is 11.6 Å². The molecule has 0 aliphatic carbocycles. The van der Waals surface area contributed by atoms with Crippen molar-refractivity contribution >= 4 is 45.1 Å². The summed E-state index contributed by atoms with van der Waals surface area (Å²) in [4.78, 5) is 21.1. The molecule has 0 fully saturated rings. The van der Waals surface area contributed by atoms with Gasteiger partial charge in [0, 0.05) is 22.5 Å². The maximum Gasteiger partial charge on any atom is 0.232 e. The first kappa shape index (κ1) is 16.6. The maximum absolute atomic E-state index is 12.3. The normalized spacial score (nSPS) is 10.8. The number of benzene rings is 2. The fourth-order valence-electron chi connectivity index (χ4n) is 2.56. The monoisotopic (exact) mass is 380 g/mol. The largest absolute Gasteiger partial charge is 0.300 e. The third-order valence-corrected chi connectivity index (χ3v) is 4.75. The molecule has 4 rings (SSSR count). The lowest BCUT2D eigenvalue weighted by atomic mass is 10.2. The molecule has 26 heavy (non-hydrogen) atoms. The Morgan fingerprint density at radius 2 is 1.81 bits per heavy atom. The van der Waals surface area contributed by atoms with Gasteiger partial charge in [0.05, 0.1) is 22.7 Å². The first-order chi connectivity index (χ1) is 12.7. The highest BCUT2D eigenvalue weighted by Gasteiger charge is 2.12. The number of amides is 1. The van der Waals surface area contributed by atoms with Gasteiger partial charge in [0.1, 0.15) is 0 Å². The molecule has 0 saturated heterocycles. The van der Waals surface area contributed by atoms with E-state index in [9.17, 15) is 4.79 Å². The molecule has 2 heterocycles. The van der Waals surface area contributed by atoms with Crippen LogP contribution in [-0.4, -0.2) is 20.2 Å². The minimum atomic E-state index is -0.186. The Morgan fingerprint density at radius 3 is 2.69 bits per heavy atom.